The van der Waals surface area contributed by atoms with Gasteiger partial charge in [0.05, 0.1) is 19.1 Å². The topological polar surface area (TPSA) is 260 Å². The molecule has 0 saturated carbocycles. The molecular weight excluding hydrogens is 416 g/mol. The zero-order chi connectivity index (χ0) is 24.1. The molecule has 14 nitrogen and oxygen atoms in total. The van der Waals surface area contributed by atoms with Gasteiger partial charge in [0.15, 0.2) is 0 Å². The minimum Gasteiger partial charge on any atom is -0.480 e. The zero-order valence-corrected chi connectivity index (χ0v) is 17.2. The second kappa shape index (κ2) is 14.2. The third kappa shape index (κ3) is 10.7. The van der Waals surface area contributed by atoms with Gasteiger partial charge in [0.1, 0.15) is 24.2 Å². The average Bonchev–Trinajstić information content (AvgIpc) is 2.69. The third-order valence-electron chi connectivity index (χ3n) is 4.24. The maximum atomic E-state index is 12.5. The van der Waals surface area contributed by atoms with Gasteiger partial charge >= 0.3 is 5.97 Å². The number of aliphatic hydroxyl groups excluding tert-OH is 2. The Morgan fingerprint density at radius 2 is 1.42 bits per heavy atom. The number of aliphatic carboxylic acids is 1. The molecule has 5 atom stereocenters. The summed E-state index contributed by atoms with van der Waals surface area (Å²) in [4.78, 5) is 59.2. The van der Waals surface area contributed by atoms with Gasteiger partial charge in [-0.2, -0.15) is 0 Å². The average molecular weight is 448 g/mol. The lowest BCUT2D eigenvalue weighted by molar-refractivity contribution is -0.144. The van der Waals surface area contributed by atoms with Gasteiger partial charge in [-0.05, 0) is 32.7 Å². The van der Waals surface area contributed by atoms with Crippen LogP contribution in [0.4, 0.5) is 0 Å². The largest absolute Gasteiger partial charge is 0.480 e. The molecule has 0 aliphatic rings. The molecule has 0 bridgehead atoms. The van der Waals surface area contributed by atoms with E-state index in [9.17, 15) is 34.2 Å². The lowest BCUT2D eigenvalue weighted by Crippen LogP contribution is -2.59. The Balaban J connectivity index is 5.31. The summed E-state index contributed by atoms with van der Waals surface area (Å²) in [6, 6.07) is -5.68. The van der Waals surface area contributed by atoms with Gasteiger partial charge in [-0.15, -0.1) is 0 Å². The Kier molecular flexibility index (Phi) is 12.9. The van der Waals surface area contributed by atoms with Gasteiger partial charge in [0.2, 0.25) is 23.6 Å². The van der Waals surface area contributed by atoms with Crippen LogP contribution in [-0.4, -0.2) is 88.3 Å². The van der Waals surface area contributed by atoms with Gasteiger partial charge in [0, 0.05) is 0 Å². The fourth-order valence-corrected chi connectivity index (χ4v) is 2.39. The molecule has 0 aromatic heterocycles. The number of hydrogen-bond donors (Lipinski definition) is 9. The first-order valence-electron chi connectivity index (χ1n) is 9.61. The van der Waals surface area contributed by atoms with Crippen LogP contribution in [0.2, 0.25) is 0 Å². The molecule has 31 heavy (non-hydrogen) atoms. The van der Waals surface area contributed by atoms with E-state index < -0.39 is 72.9 Å². The van der Waals surface area contributed by atoms with Crippen molar-refractivity contribution in [1.29, 1.82) is 0 Å². The van der Waals surface area contributed by atoms with Crippen LogP contribution in [-0.2, 0) is 24.0 Å². The quantitative estimate of drug-likeness (QED) is 0.108. The van der Waals surface area contributed by atoms with Crippen LogP contribution >= 0.6 is 0 Å². The fraction of sp³-hybridized carbons (Fsp3) is 0.706. The highest BCUT2D eigenvalue weighted by molar-refractivity contribution is 5.95. The highest BCUT2D eigenvalue weighted by atomic mass is 16.4. The van der Waals surface area contributed by atoms with Crippen molar-refractivity contribution in [3.63, 3.8) is 0 Å². The number of carbonyl (C=O) groups is 5. The maximum absolute atomic E-state index is 12.5. The SMILES string of the molecule is CC(O)C(N)C(=O)NC(CO)C(=O)NC(CCCCN)C(=O)NC(CC(N)=O)C(=O)O. The molecule has 0 fully saturated rings. The van der Waals surface area contributed by atoms with E-state index in [-0.39, 0.29) is 6.42 Å². The minimum atomic E-state index is -1.60. The van der Waals surface area contributed by atoms with Gasteiger partial charge < -0.3 is 48.5 Å². The molecule has 5 unspecified atom stereocenters. The summed E-state index contributed by atoms with van der Waals surface area (Å²) in [5.74, 6) is -5.19. The minimum absolute atomic E-state index is 0.0664. The van der Waals surface area contributed by atoms with E-state index in [1.165, 1.54) is 6.92 Å². The number of hydrogen-bond acceptors (Lipinski definition) is 9. The predicted octanol–water partition coefficient (Wildman–Crippen LogP) is -4.77. The molecule has 0 saturated heterocycles. The molecule has 12 N–H and O–H groups in total. The van der Waals surface area contributed by atoms with Crippen LogP contribution in [0.3, 0.4) is 0 Å². The lowest BCUT2D eigenvalue weighted by Gasteiger charge is -2.24. The smallest absolute Gasteiger partial charge is 0.326 e. The van der Waals surface area contributed by atoms with E-state index >= 15 is 0 Å². The number of rotatable bonds is 15. The van der Waals surface area contributed by atoms with Crippen LogP contribution in [0, 0.1) is 0 Å². The Hall–Kier alpha value is -2.81. The molecule has 178 valence electrons. The Morgan fingerprint density at radius 3 is 1.87 bits per heavy atom. The summed E-state index contributed by atoms with van der Waals surface area (Å²) < 4.78 is 0. The summed E-state index contributed by atoms with van der Waals surface area (Å²) in [7, 11) is 0. The van der Waals surface area contributed by atoms with E-state index in [2.05, 4.69) is 16.0 Å². The molecule has 4 amide bonds. The highest BCUT2D eigenvalue weighted by Crippen LogP contribution is 2.04. The monoisotopic (exact) mass is 448 g/mol. The van der Waals surface area contributed by atoms with Crippen LogP contribution in [0.25, 0.3) is 0 Å². The van der Waals surface area contributed by atoms with Crippen molar-refractivity contribution in [2.75, 3.05) is 13.2 Å². The Morgan fingerprint density at radius 1 is 0.903 bits per heavy atom. The van der Waals surface area contributed by atoms with Crippen molar-refractivity contribution < 1.29 is 39.3 Å². The lowest BCUT2D eigenvalue weighted by atomic mass is 10.1. The van der Waals surface area contributed by atoms with Crippen molar-refractivity contribution in [3.8, 4) is 0 Å². The number of primary amides is 1. The molecule has 0 radical (unpaired) electrons. The van der Waals surface area contributed by atoms with Gasteiger partial charge in [0.25, 0.3) is 0 Å². The van der Waals surface area contributed by atoms with Crippen molar-refractivity contribution >= 4 is 29.6 Å². The van der Waals surface area contributed by atoms with Crippen molar-refractivity contribution in [3.05, 3.63) is 0 Å². The summed E-state index contributed by atoms with van der Waals surface area (Å²) in [6.07, 6.45) is -0.901. The molecule has 0 heterocycles. The van der Waals surface area contributed by atoms with Crippen molar-refractivity contribution in [2.45, 2.75) is 62.9 Å². The summed E-state index contributed by atoms with van der Waals surface area (Å²) in [5.41, 5.74) is 15.9. The number of nitrogens with two attached hydrogens (primary N) is 3. The standard InChI is InChI=1S/C17H32N6O8/c1-8(25)13(20)16(29)23-11(7-24)15(28)21-9(4-2-3-5-18)14(27)22-10(17(30)31)6-12(19)26/h8-11,13,24-25H,2-7,18,20H2,1H3,(H2,19,26)(H,21,28)(H,22,27)(H,23,29)(H,30,31). The van der Waals surface area contributed by atoms with Crippen LogP contribution in [0.15, 0.2) is 0 Å². The fourth-order valence-electron chi connectivity index (χ4n) is 2.39. The number of carboxylic acids is 1. The number of carbonyl (C=O) groups excluding carboxylic acids is 4. The summed E-state index contributed by atoms with van der Waals surface area (Å²) in [5, 5.41) is 34.5. The number of unbranched alkanes of at least 4 members (excludes halogenated alkanes) is 1. The van der Waals surface area contributed by atoms with E-state index in [0.717, 1.165) is 0 Å². The Bertz CT molecular complexity index is 644. The first-order valence-corrected chi connectivity index (χ1v) is 9.61. The summed E-state index contributed by atoms with van der Waals surface area (Å²) in [6.45, 7) is 0.746. The van der Waals surface area contributed by atoms with Crippen LogP contribution in [0.5, 0.6) is 0 Å². The molecule has 0 aliphatic carbocycles. The highest BCUT2D eigenvalue weighted by Gasteiger charge is 2.31. The molecule has 0 spiro atoms. The van der Waals surface area contributed by atoms with E-state index in [4.69, 9.17) is 22.3 Å². The van der Waals surface area contributed by atoms with Crippen molar-refractivity contribution in [1.82, 2.24) is 16.0 Å². The van der Waals surface area contributed by atoms with E-state index in [1.807, 2.05) is 0 Å². The first-order chi connectivity index (χ1) is 14.4. The molecule has 0 aliphatic heterocycles. The van der Waals surface area contributed by atoms with Gasteiger partial charge in [-0.1, -0.05) is 0 Å². The molecule has 0 aromatic carbocycles. The van der Waals surface area contributed by atoms with E-state index in [1.54, 1.807) is 0 Å². The molecule has 14 heteroatoms. The van der Waals surface area contributed by atoms with Gasteiger partial charge in [-0.3, -0.25) is 19.2 Å². The second-order valence-electron chi connectivity index (χ2n) is 6.93. The molecular formula is C17H32N6O8. The summed E-state index contributed by atoms with van der Waals surface area (Å²) >= 11 is 0. The molecule has 0 rings (SSSR count). The number of nitrogens with one attached hydrogen (secondary N) is 3. The second-order valence-corrected chi connectivity index (χ2v) is 6.93. The molecule has 0 aromatic rings. The maximum Gasteiger partial charge on any atom is 0.326 e. The van der Waals surface area contributed by atoms with Crippen LogP contribution < -0.4 is 33.2 Å². The van der Waals surface area contributed by atoms with Crippen LogP contribution in [0.1, 0.15) is 32.6 Å². The normalized spacial score (nSPS) is 15.6. The predicted molar refractivity (Wildman–Crippen MR) is 107 cm³/mol. The van der Waals surface area contributed by atoms with E-state index in [0.29, 0.717) is 19.4 Å². The van der Waals surface area contributed by atoms with Gasteiger partial charge in [-0.25, -0.2) is 4.79 Å². The number of amides is 4. The third-order valence-corrected chi connectivity index (χ3v) is 4.24. The number of aliphatic hydroxyl groups is 2. The number of carboxylic acid groups (broad SMARTS) is 1. The zero-order valence-electron chi connectivity index (χ0n) is 17.2. The van der Waals surface area contributed by atoms with Crippen molar-refractivity contribution in [2.24, 2.45) is 17.2 Å². The Labute approximate surface area is 178 Å². The first kappa shape index (κ1) is 28.2.